The van der Waals surface area contributed by atoms with Crippen LogP contribution in [0.2, 0.25) is 0 Å². The molecule has 1 heterocycles. The number of carbonyl (C=O) groups is 1. The molecule has 0 aliphatic carbocycles. The smallest absolute Gasteiger partial charge is 0.248 e. The average molecular weight is 286 g/mol. The van der Waals surface area contributed by atoms with E-state index >= 15 is 0 Å². The van der Waals surface area contributed by atoms with Gasteiger partial charge in [0, 0.05) is 29.7 Å². The molecule has 0 unspecified atom stereocenters. The van der Waals surface area contributed by atoms with E-state index in [0.717, 1.165) is 11.1 Å². The van der Waals surface area contributed by atoms with Crippen molar-refractivity contribution in [3.8, 4) is 16.9 Å². The Bertz CT molecular complexity index is 698. The zero-order valence-corrected chi connectivity index (χ0v) is 11.3. The van der Waals surface area contributed by atoms with Crippen LogP contribution in [0, 0.1) is 5.82 Å². The Labute approximate surface area is 121 Å². The van der Waals surface area contributed by atoms with E-state index in [-0.39, 0.29) is 11.9 Å². The third-order valence-electron chi connectivity index (χ3n) is 3.66. The van der Waals surface area contributed by atoms with E-state index in [0.29, 0.717) is 29.8 Å². The molecule has 0 saturated carbocycles. The fraction of sp³-hybridized carbons (Fsp3) is 0.188. The van der Waals surface area contributed by atoms with Gasteiger partial charge < -0.3 is 16.2 Å². The Hall–Kier alpha value is -2.40. The van der Waals surface area contributed by atoms with Crippen molar-refractivity contribution in [2.75, 3.05) is 6.54 Å². The first-order valence-electron chi connectivity index (χ1n) is 6.68. The predicted octanol–water partition coefficient (Wildman–Crippen LogP) is 1.85. The van der Waals surface area contributed by atoms with Gasteiger partial charge in [-0.05, 0) is 29.8 Å². The Morgan fingerprint density at radius 1 is 1.24 bits per heavy atom. The molecule has 0 saturated heterocycles. The molecule has 3 rings (SSSR count). The standard InChI is InChI=1S/C16H15FN2O2/c17-14-6-5-12(15-13(14)7-11(8-18)21-15)9-1-3-10(4-2-9)16(19)20/h1-6,11H,7-8,18H2,(H2,19,20)/t11-/m0/s1. The van der Waals surface area contributed by atoms with E-state index < -0.39 is 5.91 Å². The minimum Gasteiger partial charge on any atom is -0.488 e. The van der Waals surface area contributed by atoms with Crippen LogP contribution in [-0.4, -0.2) is 18.6 Å². The van der Waals surface area contributed by atoms with Gasteiger partial charge in [0.2, 0.25) is 5.91 Å². The number of halogens is 1. The minimum atomic E-state index is -0.481. The van der Waals surface area contributed by atoms with E-state index in [2.05, 4.69) is 0 Å². The second-order valence-corrected chi connectivity index (χ2v) is 5.02. The highest BCUT2D eigenvalue weighted by molar-refractivity contribution is 5.93. The molecule has 2 aromatic carbocycles. The molecule has 5 heteroatoms. The van der Waals surface area contributed by atoms with Crippen LogP contribution in [0.4, 0.5) is 4.39 Å². The summed E-state index contributed by atoms with van der Waals surface area (Å²) in [6, 6.07) is 9.93. The summed E-state index contributed by atoms with van der Waals surface area (Å²) in [4.78, 5) is 11.1. The predicted molar refractivity (Wildman–Crippen MR) is 77.5 cm³/mol. The van der Waals surface area contributed by atoms with Crippen molar-refractivity contribution in [1.29, 1.82) is 0 Å². The maximum atomic E-state index is 13.9. The monoisotopic (exact) mass is 286 g/mol. The van der Waals surface area contributed by atoms with Gasteiger partial charge in [-0.25, -0.2) is 4.39 Å². The highest BCUT2D eigenvalue weighted by atomic mass is 19.1. The van der Waals surface area contributed by atoms with Gasteiger partial charge >= 0.3 is 0 Å². The Morgan fingerprint density at radius 2 is 1.95 bits per heavy atom. The lowest BCUT2D eigenvalue weighted by atomic mass is 9.99. The number of hydrogen-bond donors (Lipinski definition) is 2. The molecule has 21 heavy (non-hydrogen) atoms. The first-order valence-corrected chi connectivity index (χ1v) is 6.68. The fourth-order valence-corrected chi connectivity index (χ4v) is 2.54. The van der Waals surface area contributed by atoms with Crippen molar-refractivity contribution in [1.82, 2.24) is 0 Å². The first-order chi connectivity index (χ1) is 10.1. The third kappa shape index (κ3) is 2.36. The molecule has 1 atom stereocenters. The summed E-state index contributed by atoms with van der Waals surface area (Å²) in [5.74, 6) is -0.221. The lowest BCUT2D eigenvalue weighted by Gasteiger charge is -2.11. The molecule has 0 fully saturated rings. The number of carbonyl (C=O) groups excluding carboxylic acids is 1. The number of hydrogen-bond acceptors (Lipinski definition) is 3. The number of benzene rings is 2. The van der Waals surface area contributed by atoms with Crippen molar-refractivity contribution in [2.45, 2.75) is 12.5 Å². The number of rotatable bonds is 3. The van der Waals surface area contributed by atoms with Crippen LogP contribution in [0.1, 0.15) is 15.9 Å². The minimum absolute atomic E-state index is 0.194. The third-order valence-corrected chi connectivity index (χ3v) is 3.66. The highest BCUT2D eigenvalue weighted by Crippen LogP contribution is 2.40. The zero-order valence-electron chi connectivity index (χ0n) is 11.3. The molecule has 0 radical (unpaired) electrons. The summed E-state index contributed by atoms with van der Waals surface area (Å²) in [7, 11) is 0. The maximum Gasteiger partial charge on any atom is 0.248 e. The molecular formula is C16H15FN2O2. The Kier molecular flexibility index (Phi) is 3.35. The van der Waals surface area contributed by atoms with Crippen LogP contribution in [0.15, 0.2) is 36.4 Å². The summed E-state index contributed by atoms with van der Waals surface area (Å²) in [5, 5.41) is 0. The van der Waals surface area contributed by atoms with Crippen LogP contribution in [0.3, 0.4) is 0 Å². The molecule has 0 spiro atoms. The van der Waals surface area contributed by atoms with Gasteiger partial charge in [-0.15, -0.1) is 0 Å². The number of fused-ring (bicyclic) bond motifs is 1. The van der Waals surface area contributed by atoms with Gasteiger partial charge in [0.05, 0.1) is 0 Å². The summed E-state index contributed by atoms with van der Waals surface area (Å²) >= 11 is 0. The molecule has 0 bridgehead atoms. The normalized spacial score (nSPS) is 16.4. The van der Waals surface area contributed by atoms with Crippen molar-refractivity contribution in [3.63, 3.8) is 0 Å². The van der Waals surface area contributed by atoms with E-state index in [1.54, 1.807) is 30.3 Å². The molecule has 1 aliphatic rings. The second-order valence-electron chi connectivity index (χ2n) is 5.02. The zero-order chi connectivity index (χ0) is 15.0. The highest BCUT2D eigenvalue weighted by Gasteiger charge is 2.27. The van der Waals surface area contributed by atoms with Gasteiger partial charge in [0.15, 0.2) is 0 Å². The lowest BCUT2D eigenvalue weighted by molar-refractivity contribution is 0.100. The van der Waals surface area contributed by atoms with Gasteiger partial charge in [0.1, 0.15) is 17.7 Å². The van der Waals surface area contributed by atoms with Crippen LogP contribution < -0.4 is 16.2 Å². The number of amides is 1. The van der Waals surface area contributed by atoms with E-state index in [9.17, 15) is 9.18 Å². The summed E-state index contributed by atoms with van der Waals surface area (Å²) < 4.78 is 19.6. The van der Waals surface area contributed by atoms with Crippen LogP contribution >= 0.6 is 0 Å². The fourth-order valence-electron chi connectivity index (χ4n) is 2.54. The average Bonchev–Trinajstić information content (AvgIpc) is 2.93. The van der Waals surface area contributed by atoms with Crippen molar-refractivity contribution in [2.24, 2.45) is 11.5 Å². The van der Waals surface area contributed by atoms with E-state index in [1.165, 1.54) is 6.07 Å². The Morgan fingerprint density at radius 3 is 2.57 bits per heavy atom. The van der Waals surface area contributed by atoms with Crippen LogP contribution in [0.25, 0.3) is 11.1 Å². The summed E-state index contributed by atoms with van der Waals surface area (Å²) in [6.45, 7) is 0.341. The quantitative estimate of drug-likeness (QED) is 0.904. The molecule has 4 nitrogen and oxygen atoms in total. The topological polar surface area (TPSA) is 78.3 Å². The second kappa shape index (κ2) is 5.18. The molecular weight excluding hydrogens is 271 g/mol. The largest absolute Gasteiger partial charge is 0.488 e. The lowest BCUT2D eigenvalue weighted by Crippen LogP contribution is -2.24. The number of primary amides is 1. The van der Waals surface area contributed by atoms with Crippen molar-refractivity contribution in [3.05, 3.63) is 53.3 Å². The first kappa shape index (κ1) is 13.6. The number of nitrogens with two attached hydrogens (primary N) is 2. The molecule has 0 aromatic heterocycles. The van der Waals surface area contributed by atoms with Gasteiger partial charge in [0.25, 0.3) is 0 Å². The molecule has 108 valence electrons. The molecule has 4 N–H and O–H groups in total. The summed E-state index contributed by atoms with van der Waals surface area (Å²) in [6.07, 6.45) is 0.283. The van der Waals surface area contributed by atoms with E-state index in [4.69, 9.17) is 16.2 Å². The van der Waals surface area contributed by atoms with E-state index in [1.807, 2.05) is 0 Å². The Balaban J connectivity index is 2.04. The molecule has 1 amide bonds. The molecule has 1 aliphatic heterocycles. The molecule has 2 aromatic rings. The van der Waals surface area contributed by atoms with Crippen molar-refractivity contribution < 1.29 is 13.9 Å². The van der Waals surface area contributed by atoms with Crippen molar-refractivity contribution >= 4 is 5.91 Å². The van der Waals surface area contributed by atoms with Gasteiger partial charge in [-0.3, -0.25) is 4.79 Å². The number of ether oxygens (including phenoxy) is 1. The van der Waals surface area contributed by atoms with Crippen LogP contribution in [0.5, 0.6) is 5.75 Å². The summed E-state index contributed by atoms with van der Waals surface area (Å²) in [5.41, 5.74) is 13.4. The SMILES string of the molecule is NC[C@@H]1Cc2c(F)ccc(-c3ccc(C(N)=O)cc3)c2O1. The van der Waals surface area contributed by atoms with Gasteiger partial charge in [-0.2, -0.15) is 0 Å². The maximum absolute atomic E-state index is 13.9. The van der Waals surface area contributed by atoms with Crippen LogP contribution in [-0.2, 0) is 6.42 Å². The van der Waals surface area contributed by atoms with Gasteiger partial charge in [-0.1, -0.05) is 12.1 Å².